The number of rotatable bonds is 8. The van der Waals surface area contributed by atoms with Gasteiger partial charge in [0.25, 0.3) is 0 Å². The molecule has 12 nitrogen and oxygen atoms in total. The van der Waals surface area contributed by atoms with Crippen molar-refractivity contribution in [1.29, 1.82) is 0 Å². The van der Waals surface area contributed by atoms with Crippen molar-refractivity contribution in [1.82, 2.24) is 0 Å². The average Bonchev–Trinajstić information content (AvgIpc) is 2.83. The number of ether oxygens (including phenoxy) is 5. The van der Waals surface area contributed by atoms with Gasteiger partial charge in [-0.1, -0.05) is 0 Å². The number of carbonyl (C=O) groups is 2. The van der Waals surface area contributed by atoms with Gasteiger partial charge in [-0.2, -0.15) is 0 Å². The summed E-state index contributed by atoms with van der Waals surface area (Å²) in [6, 6.07) is 7.52. The molecule has 5 atom stereocenters. The summed E-state index contributed by atoms with van der Waals surface area (Å²) in [5.74, 6) is -2.09. The summed E-state index contributed by atoms with van der Waals surface area (Å²) in [5, 5.41) is 49.5. The predicted molar refractivity (Wildman–Crippen MR) is 112 cm³/mol. The zero-order valence-electron chi connectivity index (χ0n) is 18.2. The van der Waals surface area contributed by atoms with Crippen LogP contribution in [0.4, 0.5) is 0 Å². The molecule has 0 radical (unpaired) electrons. The maximum Gasteiger partial charge on any atom is 0.338 e. The first-order valence-electron chi connectivity index (χ1n) is 9.98. The third-order valence-electron chi connectivity index (χ3n) is 5.12. The second kappa shape index (κ2) is 10.6. The summed E-state index contributed by atoms with van der Waals surface area (Å²) in [6.45, 7) is -0.512. The Morgan fingerprint density at radius 3 is 2.18 bits per heavy atom. The molecule has 0 spiro atoms. The number of aliphatic hydroxyl groups excluding tert-OH is 3. The highest BCUT2D eigenvalue weighted by Crippen LogP contribution is 2.32. The molecule has 1 fully saturated rings. The van der Waals surface area contributed by atoms with Crippen LogP contribution in [0.25, 0.3) is 0 Å². The van der Waals surface area contributed by atoms with Crippen molar-refractivity contribution < 1.29 is 58.8 Å². The van der Waals surface area contributed by atoms with Crippen LogP contribution in [0.2, 0.25) is 0 Å². The quantitative estimate of drug-likeness (QED) is 0.323. The van der Waals surface area contributed by atoms with Gasteiger partial charge in [-0.15, -0.1) is 0 Å². The molecule has 12 heteroatoms. The van der Waals surface area contributed by atoms with E-state index in [-0.39, 0.29) is 34.1 Å². The monoisotopic (exact) mass is 480 g/mol. The normalized spacial score (nSPS) is 24.2. The number of phenols is 1. The molecule has 1 aliphatic rings. The van der Waals surface area contributed by atoms with Gasteiger partial charge in [0, 0.05) is 0 Å². The molecule has 1 aliphatic heterocycles. The Hall–Kier alpha value is -3.58. The van der Waals surface area contributed by atoms with E-state index >= 15 is 0 Å². The number of carboxylic acids is 1. The van der Waals surface area contributed by atoms with Gasteiger partial charge in [0.15, 0.2) is 23.0 Å². The molecule has 0 bridgehead atoms. The van der Waals surface area contributed by atoms with Crippen molar-refractivity contribution in [3.05, 3.63) is 47.5 Å². The minimum Gasteiger partial charge on any atom is -0.504 e. The predicted octanol–water partition coefficient (Wildman–Crippen LogP) is 0.151. The zero-order valence-corrected chi connectivity index (χ0v) is 18.2. The topological polar surface area (TPSA) is 181 Å². The highest BCUT2D eigenvalue weighted by atomic mass is 16.7. The van der Waals surface area contributed by atoms with E-state index in [4.69, 9.17) is 28.8 Å². The van der Waals surface area contributed by atoms with Gasteiger partial charge in [0.05, 0.1) is 25.3 Å². The number of aromatic carboxylic acids is 1. The van der Waals surface area contributed by atoms with Gasteiger partial charge in [-0.25, -0.2) is 9.59 Å². The fourth-order valence-electron chi connectivity index (χ4n) is 3.22. The lowest BCUT2D eigenvalue weighted by Gasteiger charge is -2.40. The number of aromatic hydroxyl groups is 1. The van der Waals surface area contributed by atoms with Crippen molar-refractivity contribution in [2.75, 3.05) is 20.8 Å². The number of hydrogen-bond donors (Lipinski definition) is 5. The Kier molecular flexibility index (Phi) is 7.79. The van der Waals surface area contributed by atoms with Crippen LogP contribution in [0.1, 0.15) is 20.7 Å². The molecule has 2 aromatic carbocycles. The minimum absolute atomic E-state index is 0.00655. The SMILES string of the molecule is COc1cc(C(=O)OC[C@H]2O[C@H](Oc3ccc(C(=O)O)cc3OC)[C@H](O)[C@@H](O)[C@@H]2O)ccc1O. The van der Waals surface area contributed by atoms with Crippen molar-refractivity contribution in [2.24, 2.45) is 0 Å². The molecule has 5 N–H and O–H groups in total. The second-order valence-electron chi connectivity index (χ2n) is 7.29. The van der Waals surface area contributed by atoms with Gasteiger partial charge in [0.2, 0.25) is 6.29 Å². The molecule has 0 aromatic heterocycles. The lowest BCUT2D eigenvalue weighted by molar-refractivity contribution is -0.277. The van der Waals surface area contributed by atoms with E-state index in [2.05, 4.69) is 0 Å². The molecule has 2 aromatic rings. The van der Waals surface area contributed by atoms with E-state index in [1.165, 1.54) is 50.6 Å². The van der Waals surface area contributed by atoms with Crippen LogP contribution in [0.15, 0.2) is 36.4 Å². The van der Waals surface area contributed by atoms with Crippen LogP contribution in [0.5, 0.6) is 23.0 Å². The Morgan fingerprint density at radius 1 is 0.882 bits per heavy atom. The van der Waals surface area contributed by atoms with Crippen molar-refractivity contribution in [3.8, 4) is 23.0 Å². The van der Waals surface area contributed by atoms with E-state index in [0.717, 1.165) is 0 Å². The zero-order chi connectivity index (χ0) is 25.0. The lowest BCUT2D eigenvalue weighted by Crippen LogP contribution is -2.60. The third-order valence-corrected chi connectivity index (χ3v) is 5.12. The summed E-state index contributed by atoms with van der Waals surface area (Å²) in [6.07, 6.45) is -7.81. The number of carbonyl (C=O) groups excluding carboxylic acids is 1. The summed E-state index contributed by atoms with van der Waals surface area (Å²) in [4.78, 5) is 23.5. The van der Waals surface area contributed by atoms with Gasteiger partial charge >= 0.3 is 11.9 Å². The largest absolute Gasteiger partial charge is 0.504 e. The third kappa shape index (κ3) is 5.31. The van der Waals surface area contributed by atoms with E-state index in [1.807, 2.05) is 0 Å². The van der Waals surface area contributed by atoms with Crippen molar-refractivity contribution in [3.63, 3.8) is 0 Å². The highest BCUT2D eigenvalue weighted by molar-refractivity contribution is 5.90. The summed E-state index contributed by atoms with van der Waals surface area (Å²) in [7, 11) is 2.60. The smallest absolute Gasteiger partial charge is 0.338 e. The number of hydrogen-bond acceptors (Lipinski definition) is 11. The molecule has 3 rings (SSSR count). The standard InChI is InChI=1S/C22H24O12/c1-30-14-8-11(3-5-12(14)23)21(29)32-9-16-17(24)18(25)19(26)22(34-16)33-13-6-4-10(20(27)28)7-15(13)31-2/h3-8,16-19,22-26H,9H2,1-2H3,(H,27,28)/t16-,17-,18+,19-,22+/m1/s1. The average molecular weight is 480 g/mol. The van der Waals surface area contributed by atoms with Crippen LogP contribution in [-0.4, -0.2) is 89.0 Å². The number of esters is 1. The molecule has 0 amide bonds. The minimum atomic E-state index is -1.71. The van der Waals surface area contributed by atoms with E-state index in [0.29, 0.717) is 0 Å². The van der Waals surface area contributed by atoms with Crippen LogP contribution >= 0.6 is 0 Å². The number of phenolic OH excluding ortho intramolecular Hbond substituents is 1. The van der Waals surface area contributed by atoms with E-state index in [1.54, 1.807) is 0 Å². The van der Waals surface area contributed by atoms with Crippen LogP contribution in [0.3, 0.4) is 0 Å². The fraction of sp³-hybridized carbons (Fsp3) is 0.364. The van der Waals surface area contributed by atoms with Crippen molar-refractivity contribution >= 4 is 11.9 Å². The van der Waals surface area contributed by atoms with Gasteiger partial charge in [-0.05, 0) is 36.4 Å². The Bertz CT molecular complexity index is 1040. The molecule has 1 heterocycles. The van der Waals surface area contributed by atoms with Gasteiger partial charge < -0.3 is 49.2 Å². The molecule has 1 saturated heterocycles. The summed E-state index contributed by atoms with van der Waals surface area (Å²) in [5.41, 5.74) is -0.0167. The second-order valence-corrected chi connectivity index (χ2v) is 7.29. The summed E-state index contributed by atoms with van der Waals surface area (Å²) >= 11 is 0. The van der Waals surface area contributed by atoms with Gasteiger partial charge in [0.1, 0.15) is 31.0 Å². The van der Waals surface area contributed by atoms with Crippen LogP contribution in [-0.2, 0) is 9.47 Å². The molecule has 0 unspecified atom stereocenters. The molecule has 34 heavy (non-hydrogen) atoms. The fourth-order valence-corrected chi connectivity index (χ4v) is 3.22. The maximum absolute atomic E-state index is 12.4. The lowest BCUT2D eigenvalue weighted by atomic mass is 9.99. The first-order valence-corrected chi connectivity index (χ1v) is 9.98. The molecular formula is C22H24O12. The Morgan fingerprint density at radius 2 is 1.53 bits per heavy atom. The Balaban J connectivity index is 1.71. The molecule has 0 aliphatic carbocycles. The number of benzene rings is 2. The van der Waals surface area contributed by atoms with Crippen LogP contribution < -0.4 is 14.2 Å². The number of carboxylic acid groups (broad SMARTS) is 1. The van der Waals surface area contributed by atoms with Crippen molar-refractivity contribution in [2.45, 2.75) is 30.7 Å². The first kappa shape index (κ1) is 25.1. The first-order chi connectivity index (χ1) is 16.2. The van der Waals surface area contributed by atoms with E-state index in [9.17, 15) is 30.0 Å². The summed E-state index contributed by atoms with van der Waals surface area (Å²) < 4.78 is 26.3. The highest BCUT2D eigenvalue weighted by Gasteiger charge is 2.45. The van der Waals surface area contributed by atoms with E-state index < -0.39 is 49.3 Å². The molecule has 0 saturated carbocycles. The maximum atomic E-state index is 12.4. The van der Waals surface area contributed by atoms with Gasteiger partial charge in [-0.3, -0.25) is 0 Å². The molecular weight excluding hydrogens is 456 g/mol. The number of methoxy groups -OCH3 is 2. The number of aliphatic hydroxyl groups is 3. The molecule has 184 valence electrons. The van der Waals surface area contributed by atoms with Crippen LogP contribution in [0, 0.1) is 0 Å². The Labute approximate surface area is 193 Å².